The third-order valence-electron chi connectivity index (χ3n) is 3.73. The van der Waals surface area contributed by atoms with E-state index in [2.05, 4.69) is 10.4 Å². The van der Waals surface area contributed by atoms with Gasteiger partial charge in [0.15, 0.2) is 0 Å². The quantitative estimate of drug-likeness (QED) is 0.724. The molecule has 8 heteroatoms. The van der Waals surface area contributed by atoms with Gasteiger partial charge in [-0.25, -0.2) is 9.18 Å². The van der Waals surface area contributed by atoms with E-state index in [1.807, 2.05) is 13.0 Å². The summed E-state index contributed by atoms with van der Waals surface area (Å²) < 4.78 is 22.1. The van der Waals surface area contributed by atoms with Crippen molar-refractivity contribution in [2.75, 3.05) is 0 Å². The van der Waals surface area contributed by atoms with Crippen LogP contribution in [0.15, 0.2) is 41.2 Å². The van der Waals surface area contributed by atoms with Gasteiger partial charge < -0.3 is 4.74 Å². The van der Waals surface area contributed by atoms with Crippen molar-refractivity contribution < 1.29 is 9.13 Å². The number of halogens is 1. The zero-order valence-electron chi connectivity index (χ0n) is 13.6. The molecule has 25 heavy (non-hydrogen) atoms. The molecule has 0 fully saturated rings. The minimum Gasteiger partial charge on any atom is -0.488 e. The molecular formula is C17H14FN5O2. The van der Waals surface area contributed by atoms with Gasteiger partial charge in [0.2, 0.25) is 0 Å². The van der Waals surface area contributed by atoms with E-state index < -0.39 is 11.5 Å². The Kier molecular flexibility index (Phi) is 4.31. The Bertz CT molecular complexity index is 1030. The molecule has 3 rings (SSSR count). The van der Waals surface area contributed by atoms with Crippen LogP contribution in [0.1, 0.15) is 16.7 Å². The summed E-state index contributed by atoms with van der Waals surface area (Å²) in [6.07, 6.45) is 0. The summed E-state index contributed by atoms with van der Waals surface area (Å²) in [5.74, 6) is -0.0520. The number of hydrogen-bond acceptors (Lipinski definition) is 5. The molecule has 0 atom stereocenters. The molecule has 7 nitrogen and oxygen atoms in total. The van der Waals surface area contributed by atoms with Gasteiger partial charge in [0.1, 0.15) is 18.2 Å². The summed E-state index contributed by atoms with van der Waals surface area (Å²) in [4.78, 5) is 12.0. The van der Waals surface area contributed by atoms with Crippen molar-refractivity contribution in [2.45, 2.75) is 13.5 Å². The average molecular weight is 339 g/mol. The molecule has 0 radical (unpaired) electrons. The van der Waals surface area contributed by atoms with Crippen LogP contribution >= 0.6 is 0 Å². The molecular weight excluding hydrogens is 325 g/mol. The van der Waals surface area contributed by atoms with Gasteiger partial charge in [0, 0.05) is 7.05 Å². The standard InChI is InChI=1S/C17H14FN5O2/c1-11-6-7-12(9-19)8-16(11)25-10-13-14(18)4-3-5-15(13)23-17(24)22(2)20-21-23/h3-8H,10H2,1-2H3. The topological polar surface area (TPSA) is 85.7 Å². The van der Waals surface area contributed by atoms with Crippen LogP contribution in [0.5, 0.6) is 5.75 Å². The summed E-state index contributed by atoms with van der Waals surface area (Å²) in [6, 6.07) is 11.4. The summed E-state index contributed by atoms with van der Waals surface area (Å²) in [7, 11) is 1.46. The van der Waals surface area contributed by atoms with Gasteiger partial charge in [-0.05, 0) is 47.2 Å². The second-order valence-electron chi connectivity index (χ2n) is 5.42. The van der Waals surface area contributed by atoms with E-state index in [-0.39, 0.29) is 17.9 Å². The van der Waals surface area contributed by atoms with Gasteiger partial charge >= 0.3 is 5.69 Å². The molecule has 1 heterocycles. The fourth-order valence-corrected chi connectivity index (χ4v) is 2.33. The Balaban J connectivity index is 1.98. The van der Waals surface area contributed by atoms with Gasteiger partial charge in [0.25, 0.3) is 0 Å². The molecule has 0 aliphatic rings. The zero-order chi connectivity index (χ0) is 18.0. The zero-order valence-corrected chi connectivity index (χ0v) is 13.6. The predicted octanol–water partition coefficient (Wildman–Crippen LogP) is 1.86. The number of hydrogen-bond donors (Lipinski definition) is 0. The van der Waals surface area contributed by atoms with E-state index in [4.69, 9.17) is 10.00 Å². The SMILES string of the molecule is Cc1ccc(C#N)cc1OCc1c(F)cccc1-n1nnn(C)c1=O. The highest BCUT2D eigenvalue weighted by Crippen LogP contribution is 2.23. The third kappa shape index (κ3) is 3.12. The number of nitriles is 1. The van der Waals surface area contributed by atoms with Gasteiger partial charge in [-0.1, -0.05) is 12.1 Å². The van der Waals surface area contributed by atoms with Gasteiger partial charge in [-0.2, -0.15) is 14.6 Å². The highest BCUT2D eigenvalue weighted by Gasteiger charge is 2.15. The van der Waals surface area contributed by atoms with Crippen molar-refractivity contribution >= 4 is 0 Å². The van der Waals surface area contributed by atoms with Gasteiger partial charge in [-0.3, -0.25) is 0 Å². The Morgan fingerprint density at radius 3 is 2.76 bits per heavy atom. The van der Waals surface area contributed by atoms with Crippen LogP contribution in [-0.4, -0.2) is 19.8 Å². The third-order valence-corrected chi connectivity index (χ3v) is 3.73. The van der Waals surface area contributed by atoms with Gasteiger partial charge in [-0.15, -0.1) is 0 Å². The smallest absolute Gasteiger partial charge is 0.368 e. The van der Waals surface area contributed by atoms with Crippen LogP contribution in [0.3, 0.4) is 0 Å². The maximum Gasteiger partial charge on any atom is 0.368 e. The summed E-state index contributed by atoms with van der Waals surface area (Å²) in [5.41, 5.74) is 1.20. The molecule has 1 aromatic heterocycles. The number of aryl methyl sites for hydroxylation is 2. The van der Waals surface area contributed by atoms with Crippen molar-refractivity contribution in [1.82, 2.24) is 19.8 Å². The first kappa shape index (κ1) is 16.4. The lowest BCUT2D eigenvalue weighted by molar-refractivity contribution is 0.297. The molecule has 0 spiro atoms. The number of rotatable bonds is 4. The molecule has 0 unspecified atom stereocenters. The summed E-state index contributed by atoms with van der Waals surface area (Å²) in [5, 5.41) is 16.4. The van der Waals surface area contributed by atoms with Gasteiger partial charge in [0.05, 0.1) is 22.9 Å². The number of nitrogens with zero attached hydrogens (tertiary/aromatic N) is 5. The minimum atomic E-state index is -0.524. The van der Waals surface area contributed by atoms with Crippen LogP contribution in [0.4, 0.5) is 4.39 Å². The Labute approximate surface area is 142 Å². The average Bonchev–Trinajstić information content (AvgIpc) is 2.94. The minimum absolute atomic E-state index is 0.124. The van der Waals surface area contributed by atoms with Crippen molar-refractivity contribution in [1.29, 1.82) is 5.26 Å². The first-order valence-electron chi connectivity index (χ1n) is 7.41. The molecule has 0 bridgehead atoms. The molecule has 0 aliphatic heterocycles. The lowest BCUT2D eigenvalue weighted by Crippen LogP contribution is -2.23. The molecule has 126 valence electrons. The molecule has 0 amide bonds. The lowest BCUT2D eigenvalue weighted by Gasteiger charge is -2.13. The number of ether oxygens (including phenoxy) is 1. The highest BCUT2D eigenvalue weighted by atomic mass is 19.1. The second-order valence-corrected chi connectivity index (χ2v) is 5.42. The maximum absolute atomic E-state index is 14.3. The van der Waals surface area contributed by atoms with E-state index in [9.17, 15) is 9.18 Å². The highest BCUT2D eigenvalue weighted by molar-refractivity contribution is 5.43. The van der Waals surface area contributed by atoms with Crippen LogP contribution in [0.25, 0.3) is 5.69 Å². The molecule has 3 aromatic rings. The molecule has 2 aromatic carbocycles. The molecule has 0 N–H and O–H groups in total. The maximum atomic E-state index is 14.3. The van der Waals surface area contributed by atoms with Crippen molar-refractivity contribution in [2.24, 2.45) is 7.05 Å². The van der Waals surface area contributed by atoms with Crippen LogP contribution in [0.2, 0.25) is 0 Å². The first-order valence-corrected chi connectivity index (χ1v) is 7.41. The van der Waals surface area contributed by atoms with Crippen LogP contribution in [-0.2, 0) is 13.7 Å². The normalized spacial score (nSPS) is 10.5. The van der Waals surface area contributed by atoms with E-state index >= 15 is 0 Å². The molecule has 0 aliphatic carbocycles. The Morgan fingerprint density at radius 2 is 2.08 bits per heavy atom. The monoisotopic (exact) mass is 339 g/mol. The van der Waals surface area contributed by atoms with E-state index in [1.54, 1.807) is 24.3 Å². The Morgan fingerprint density at radius 1 is 1.28 bits per heavy atom. The van der Waals surface area contributed by atoms with Crippen LogP contribution < -0.4 is 10.4 Å². The molecule has 0 saturated heterocycles. The number of benzene rings is 2. The second kappa shape index (κ2) is 6.57. The van der Waals surface area contributed by atoms with Crippen LogP contribution in [0, 0.1) is 24.1 Å². The lowest BCUT2D eigenvalue weighted by atomic mass is 10.1. The fourth-order valence-electron chi connectivity index (χ4n) is 2.33. The van der Waals surface area contributed by atoms with E-state index in [0.717, 1.165) is 14.9 Å². The van der Waals surface area contributed by atoms with E-state index in [0.29, 0.717) is 11.3 Å². The number of tetrazole rings is 1. The summed E-state index contributed by atoms with van der Waals surface area (Å²) in [6.45, 7) is 1.70. The Hall–Kier alpha value is -3.47. The van der Waals surface area contributed by atoms with Crippen molar-refractivity contribution in [3.8, 4) is 17.5 Å². The summed E-state index contributed by atoms with van der Waals surface area (Å²) >= 11 is 0. The largest absolute Gasteiger partial charge is 0.488 e. The molecule has 0 saturated carbocycles. The fraction of sp³-hybridized carbons (Fsp3) is 0.176. The van der Waals surface area contributed by atoms with E-state index in [1.165, 1.54) is 19.2 Å². The van der Waals surface area contributed by atoms with Crippen molar-refractivity contribution in [3.05, 3.63) is 69.4 Å². The van der Waals surface area contributed by atoms with Crippen molar-refractivity contribution in [3.63, 3.8) is 0 Å². The number of aromatic nitrogens is 4. The first-order chi connectivity index (χ1) is 12.0. The predicted molar refractivity (Wildman–Crippen MR) is 86.8 cm³/mol.